The molecule has 15 aromatic rings. The van der Waals surface area contributed by atoms with Crippen molar-refractivity contribution in [3.05, 3.63) is 502 Å². The van der Waals surface area contributed by atoms with E-state index in [1.807, 2.05) is 256 Å². The van der Waals surface area contributed by atoms with Gasteiger partial charge in [0.15, 0.2) is 0 Å². The smallest absolute Gasteiger partial charge is 0.374 e. The number of rotatable bonds is 42. The van der Waals surface area contributed by atoms with E-state index < -0.39 is 41.0 Å². The van der Waals surface area contributed by atoms with Crippen molar-refractivity contribution in [1.29, 1.82) is 0 Å². The van der Waals surface area contributed by atoms with E-state index in [0.29, 0.717) is 79.3 Å². The number of hydrogen-bond acceptors (Lipinski definition) is 34. The van der Waals surface area contributed by atoms with Gasteiger partial charge in [-0.1, -0.05) is 291 Å². The molecule has 0 aliphatic rings. The number of pyridine rings is 6. The van der Waals surface area contributed by atoms with E-state index in [-0.39, 0.29) is 70.4 Å². The summed E-state index contributed by atoms with van der Waals surface area (Å²) >= 11 is 0. The minimum atomic E-state index is -4.94. The average Bonchev–Trinajstić information content (AvgIpc) is 0.807. The molecular weight excluding hydrogens is 2070 g/mol. The Hall–Kier alpha value is -12.8. The monoisotopic (exact) mass is 2170 g/mol. The van der Waals surface area contributed by atoms with Gasteiger partial charge in [0, 0.05) is 74.5 Å². The van der Waals surface area contributed by atoms with Crippen LogP contribution in [0.3, 0.4) is 0 Å². The molecule has 0 bridgehead atoms. The minimum absolute atomic E-state index is 0. The molecule has 0 amide bonds. The Morgan fingerprint density at radius 1 is 0.176 bits per heavy atom. The Labute approximate surface area is 886 Å². The van der Waals surface area contributed by atoms with Crippen LogP contribution in [0.25, 0.3) is 0 Å². The van der Waals surface area contributed by atoms with E-state index >= 15 is 0 Å². The first-order chi connectivity index (χ1) is 70.5. The molecule has 40 heteroatoms. The summed E-state index contributed by atoms with van der Waals surface area (Å²) in [6.45, 7) is 5.83. The largest absolute Gasteiger partial charge is 2.00 e. The molecule has 0 N–H and O–H groups in total. The second-order valence-corrected chi connectivity index (χ2v) is 33.8. The predicted molar refractivity (Wildman–Crippen MR) is 503 cm³/mol. The Balaban J connectivity index is 0.000000272. The molecule has 2 radical (unpaired) electrons. The van der Waals surface area contributed by atoms with Gasteiger partial charge in [-0.3, -0.25) is 59.9 Å². The van der Waals surface area contributed by atoms with E-state index in [0.717, 1.165) is 101 Å². The van der Waals surface area contributed by atoms with Gasteiger partial charge < -0.3 is 28.4 Å². The van der Waals surface area contributed by atoms with Gasteiger partial charge >= 0.3 is 34.1 Å². The minimum Gasteiger partial charge on any atom is -0.374 e. The van der Waals surface area contributed by atoms with Gasteiger partial charge in [-0.15, -0.1) is 41.0 Å². The fraction of sp³-hybridized carbons (Fsp3) is 0.167. The van der Waals surface area contributed by atoms with Crippen LogP contribution in [0.1, 0.15) is 137 Å². The summed E-state index contributed by atoms with van der Waals surface area (Å²) in [5.74, 6) is 0. The number of hydrogen-bond donors (Lipinski definition) is 0. The second-order valence-electron chi connectivity index (χ2n) is 30.8. The summed E-state index contributed by atoms with van der Waals surface area (Å²) < 4.78 is 173. The molecule has 15 rings (SSSR count). The maximum atomic E-state index is 8.49. The molecule has 0 fully saturated rings. The molecule has 0 saturated carbocycles. The summed E-state index contributed by atoms with van der Waals surface area (Å²) in [7, 11) is -19.8. The number of halogens is 4. The maximum Gasteiger partial charge on any atom is 2.00 e. The molecule has 0 unspecified atom stereocenters. The summed E-state index contributed by atoms with van der Waals surface area (Å²) in [6, 6.07) is 120. The first-order valence-electron chi connectivity index (χ1n) is 44.6. The van der Waals surface area contributed by atoms with Crippen LogP contribution in [-0.2, 0) is 102 Å². The summed E-state index contributed by atoms with van der Waals surface area (Å²) in [5, 5.41) is 0. The van der Waals surface area contributed by atoms with E-state index in [1.165, 1.54) is 0 Å². The molecule has 0 spiro atoms. The topological polar surface area (TPSA) is 576 Å². The number of nitrogens with zero attached hydrogens (tertiary/aromatic N) is 12. The maximum absolute atomic E-state index is 8.49. The van der Waals surface area contributed by atoms with Crippen molar-refractivity contribution in [3.8, 4) is 0 Å². The van der Waals surface area contributed by atoms with Gasteiger partial charge in [-0.25, -0.2) is 74.5 Å². The number of aliphatic imine (C=N–C) groups is 6. The third-order valence-corrected chi connectivity index (χ3v) is 19.9. The van der Waals surface area contributed by atoms with Crippen LogP contribution in [0.15, 0.2) is 431 Å². The van der Waals surface area contributed by atoms with Crippen LogP contribution in [-0.4, -0.2) is 107 Å². The molecule has 0 saturated heterocycles. The van der Waals surface area contributed by atoms with Crippen molar-refractivity contribution in [2.45, 2.75) is 75.9 Å². The zero-order valence-electron chi connectivity index (χ0n) is 79.1. The molecule has 9 aromatic carbocycles. The van der Waals surface area contributed by atoms with E-state index in [9.17, 15) is 0 Å². The van der Waals surface area contributed by atoms with Crippen LogP contribution >= 0.6 is 0 Å². The fourth-order valence-electron chi connectivity index (χ4n) is 13.0. The van der Waals surface area contributed by atoms with Gasteiger partial charge in [0.2, 0.25) is 0 Å². The van der Waals surface area contributed by atoms with Crippen LogP contribution in [0, 0.1) is 41.0 Å². The first-order valence-corrected chi connectivity index (χ1v) is 49.6. The van der Waals surface area contributed by atoms with Gasteiger partial charge in [0.25, 0.3) is 0 Å². The number of ether oxygens (including phenoxy) is 6. The van der Waals surface area contributed by atoms with Crippen molar-refractivity contribution >= 4 is 37.3 Å². The molecule has 34 nitrogen and oxygen atoms in total. The number of aromatic nitrogens is 6. The van der Waals surface area contributed by atoms with Crippen LogP contribution in [0.2, 0.25) is 0 Å². The van der Waals surface area contributed by atoms with Crippen molar-refractivity contribution in [2.24, 2.45) is 30.0 Å². The van der Waals surface area contributed by atoms with Gasteiger partial charge in [0.1, 0.15) is 0 Å². The predicted octanol–water partition coefficient (Wildman–Crippen LogP) is 2.66. The molecule has 6 atom stereocenters. The Morgan fingerprint density at radius 2 is 0.291 bits per heavy atom. The molecule has 6 aromatic heterocycles. The van der Waals surface area contributed by atoms with E-state index in [1.54, 1.807) is 37.2 Å². The molecule has 0 aliphatic heterocycles. The molecular formula is C108H102Cl4Mn2N12O22. The van der Waals surface area contributed by atoms with Crippen molar-refractivity contribution in [1.82, 2.24) is 29.9 Å². The summed E-state index contributed by atoms with van der Waals surface area (Å²) in [4.78, 5) is 54.6. The van der Waals surface area contributed by atoms with Gasteiger partial charge in [-0.05, 0) is 140 Å². The fourth-order valence-corrected chi connectivity index (χ4v) is 13.0. The van der Waals surface area contributed by atoms with Crippen LogP contribution in [0.4, 0.5) is 0 Å². The summed E-state index contributed by atoms with van der Waals surface area (Å²) in [6.07, 6.45) is 21.4. The quantitative estimate of drug-likeness (QED) is 0.0392. The van der Waals surface area contributed by atoms with Gasteiger partial charge in [-0.2, -0.15) is 0 Å². The normalized spacial score (nSPS) is 12.6. The van der Waals surface area contributed by atoms with Crippen molar-refractivity contribution in [2.75, 3.05) is 39.6 Å². The van der Waals surface area contributed by atoms with Crippen LogP contribution in [0.5, 0.6) is 0 Å². The standard InChI is InChI=1S/3C36H34N4O2.4ClHO4.2Mn/c3*1-3-11-31(12-4-1)35(39-23-33-15-7-9-21-37-33)27-41-25-29-17-19-30(20-18-29)26-42-28-36(32-13-5-2-6-14-32)40-24-34-16-8-10-22-38-34;4*2-1(3,4)5;;/h3*1-24,35-36H,25-28H2;4*(H,2,3,4,5);;/q;;;;;;;2*+2/p-4/t3*35-,36-;;;;;;/m111....../s1. The Bertz CT molecular complexity index is 5210. The Morgan fingerprint density at radius 3 is 0.399 bits per heavy atom. The summed E-state index contributed by atoms with van der Waals surface area (Å²) in [5.41, 5.74) is 18.2. The number of benzene rings is 9. The van der Waals surface area contributed by atoms with Crippen molar-refractivity contribution < 1.29 is 178 Å². The van der Waals surface area contributed by atoms with Crippen LogP contribution < -0.4 is 74.5 Å². The molecule has 0 aliphatic carbocycles. The average molecular weight is 2170 g/mol. The van der Waals surface area contributed by atoms with E-state index in [2.05, 4.69) is 175 Å². The zero-order chi connectivity index (χ0) is 104. The third-order valence-electron chi connectivity index (χ3n) is 19.9. The first kappa shape index (κ1) is 122. The molecule has 768 valence electrons. The van der Waals surface area contributed by atoms with Gasteiger partial charge in [0.05, 0.1) is 150 Å². The third kappa shape index (κ3) is 56.4. The Kier molecular flexibility index (Phi) is 57.3. The second kappa shape index (κ2) is 69.4. The molecule has 148 heavy (non-hydrogen) atoms. The SMILES string of the molecule is C(=N[C@H](COCc1ccc(COC[C@@H](N=Cc2ccccn2)c2ccccc2)cc1)c1ccccc1)c1ccccn1.C(=N[C@H](COCc1ccc(COC[C@@H](N=Cc2ccccn2)c2ccccc2)cc1)c1ccccc1)c1ccccn1.C(=N[C@H](COCc1ccc(COC[C@@H](N=Cc2ccccn2)c2ccccc2)cc1)c1ccccc1)c1ccccn1.[Mn+2].[Mn+2].[O-][Cl+3]([O-])([O-])[O-].[O-][Cl+3]([O-])([O-])[O-].[O-][Cl+3]([O-])([O-])[O-].[O-][Cl+3]([O-])([O-])[O-]. The molecule has 6 heterocycles. The zero-order valence-corrected chi connectivity index (χ0v) is 84.5. The van der Waals surface area contributed by atoms with E-state index in [4.69, 9.17) is 133 Å². The van der Waals surface area contributed by atoms with Crippen molar-refractivity contribution in [3.63, 3.8) is 0 Å².